The molecule has 3 saturated heterocycles. The number of likely N-dealkylation sites (tertiary alicyclic amines) is 3. The van der Waals surface area contributed by atoms with Gasteiger partial charge >= 0.3 is 0 Å². The van der Waals surface area contributed by atoms with Crippen LogP contribution in [0.25, 0.3) is 0 Å². The summed E-state index contributed by atoms with van der Waals surface area (Å²) in [4.78, 5) is 8.53. The first-order valence-electron chi connectivity index (χ1n) is 8.13. The second kappa shape index (κ2) is 5.61. The largest absolute Gasteiger partial charge is 0.273 e. The lowest BCUT2D eigenvalue weighted by Crippen LogP contribution is -2.68. The monoisotopic (exact) mass is 267 g/mol. The molecule has 0 spiro atoms. The molecule has 0 radical (unpaired) electrons. The summed E-state index contributed by atoms with van der Waals surface area (Å²) < 4.78 is 0. The van der Waals surface area contributed by atoms with Gasteiger partial charge < -0.3 is 0 Å². The zero-order chi connectivity index (χ0) is 12.4. The maximum Gasteiger partial charge on any atom is 0.127 e. The second-order valence-electron chi connectivity index (χ2n) is 6.21. The summed E-state index contributed by atoms with van der Waals surface area (Å²) in [6, 6.07) is 1.41. The van der Waals surface area contributed by atoms with Gasteiger partial charge in [-0.15, -0.1) is 0 Å². The Hall–Kier alpha value is 0.0969. The summed E-state index contributed by atoms with van der Waals surface area (Å²) in [6.07, 6.45) is 8.53. The third-order valence-electron chi connectivity index (χ3n) is 5.31. The third-order valence-corrected chi connectivity index (χ3v) is 6.26. The number of hydrogen-bond acceptors (Lipinski definition) is 3. The van der Waals surface area contributed by atoms with Crippen molar-refractivity contribution in [2.75, 3.05) is 39.3 Å². The van der Waals surface area contributed by atoms with Gasteiger partial charge in [0.05, 0.1) is 0 Å². The van der Waals surface area contributed by atoms with Crippen molar-refractivity contribution in [2.24, 2.45) is 0 Å². The standard InChI is InChI=1S/C14H29N3Si/c18-13-14(15-7-1-2-8-15,16-9-3-4-10-16)17-11-5-6-12-17/h1-13H2,18H3. The smallest absolute Gasteiger partial charge is 0.127 e. The van der Waals surface area contributed by atoms with E-state index in [-0.39, 0.29) is 0 Å². The molecule has 0 bridgehead atoms. The van der Waals surface area contributed by atoms with E-state index in [2.05, 4.69) is 14.7 Å². The van der Waals surface area contributed by atoms with Gasteiger partial charge in [-0.3, -0.25) is 14.7 Å². The zero-order valence-electron chi connectivity index (χ0n) is 12.0. The van der Waals surface area contributed by atoms with Crippen LogP contribution in [0, 0.1) is 0 Å². The van der Waals surface area contributed by atoms with E-state index < -0.39 is 0 Å². The first-order valence-corrected chi connectivity index (χ1v) is 9.54. The third kappa shape index (κ3) is 2.07. The van der Waals surface area contributed by atoms with E-state index in [1.807, 2.05) is 0 Å². The van der Waals surface area contributed by atoms with Gasteiger partial charge in [0, 0.05) is 49.5 Å². The summed E-state index contributed by atoms with van der Waals surface area (Å²) in [5, 5.41) is 0. The molecule has 4 heteroatoms. The molecule has 0 aromatic rings. The van der Waals surface area contributed by atoms with Gasteiger partial charge in [0.1, 0.15) is 5.79 Å². The average Bonchev–Trinajstić information content (AvgIpc) is 3.16. The van der Waals surface area contributed by atoms with Crippen molar-refractivity contribution < 1.29 is 0 Å². The van der Waals surface area contributed by atoms with Gasteiger partial charge in [0.2, 0.25) is 0 Å². The van der Waals surface area contributed by atoms with Gasteiger partial charge in [-0.25, -0.2) is 0 Å². The molecule has 0 amide bonds. The van der Waals surface area contributed by atoms with Crippen molar-refractivity contribution in [3.05, 3.63) is 0 Å². The van der Waals surface area contributed by atoms with Crippen molar-refractivity contribution in [3.8, 4) is 0 Å². The van der Waals surface area contributed by atoms with Crippen LogP contribution in [0.2, 0.25) is 6.04 Å². The molecular formula is C14H29N3Si. The Bertz CT molecular complexity index is 225. The molecule has 3 fully saturated rings. The predicted molar refractivity (Wildman–Crippen MR) is 79.9 cm³/mol. The molecule has 0 aliphatic carbocycles. The van der Waals surface area contributed by atoms with E-state index in [4.69, 9.17) is 0 Å². The quantitative estimate of drug-likeness (QED) is 0.695. The van der Waals surface area contributed by atoms with Crippen molar-refractivity contribution in [3.63, 3.8) is 0 Å². The average molecular weight is 267 g/mol. The zero-order valence-corrected chi connectivity index (χ0v) is 14.0. The molecule has 0 aromatic carbocycles. The lowest BCUT2D eigenvalue weighted by atomic mass is 10.2. The number of nitrogens with zero attached hydrogens (tertiary/aromatic N) is 3. The van der Waals surface area contributed by atoms with E-state index in [1.54, 1.807) is 0 Å². The van der Waals surface area contributed by atoms with Crippen molar-refractivity contribution in [2.45, 2.75) is 50.4 Å². The van der Waals surface area contributed by atoms with Crippen LogP contribution in [-0.2, 0) is 0 Å². The first-order chi connectivity index (χ1) is 8.88. The maximum atomic E-state index is 2.84. The molecule has 18 heavy (non-hydrogen) atoms. The fraction of sp³-hybridized carbons (Fsp3) is 1.00. The van der Waals surface area contributed by atoms with E-state index in [1.165, 1.54) is 94.1 Å². The molecule has 0 unspecified atom stereocenters. The molecule has 3 nitrogen and oxygen atoms in total. The first kappa shape index (κ1) is 13.1. The van der Waals surface area contributed by atoms with Gasteiger partial charge in [0.25, 0.3) is 0 Å². The van der Waals surface area contributed by atoms with Crippen LogP contribution in [0.4, 0.5) is 0 Å². The van der Waals surface area contributed by atoms with Crippen LogP contribution in [0.15, 0.2) is 0 Å². The summed E-state index contributed by atoms with van der Waals surface area (Å²) >= 11 is 0. The highest BCUT2D eigenvalue weighted by molar-refractivity contribution is 6.09. The maximum absolute atomic E-state index is 2.84. The predicted octanol–water partition coefficient (Wildman–Crippen LogP) is 0.711. The van der Waals surface area contributed by atoms with Crippen LogP contribution in [-0.4, -0.2) is 70.0 Å². The lowest BCUT2D eigenvalue weighted by Gasteiger charge is -2.53. The van der Waals surface area contributed by atoms with Crippen molar-refractivity contribution in [1.82, 2.24) is 14.7 Å². The molecular weight excluding hydrogens is 238 g/mol. The van der Waals surface area contributed by atoms with Gasteiger partial charge in [-0.1, -0.05) is 0 Å². The van der Waals surface area contributed by atoms with Crippen molar-refractivity contribution >= 4 is 10.2 Å². The fourth-order valence-electron chi connectivity index (χ4n) is 4.50. The lowest BCUT2D eigenvalue weighted by molar-refractivity contribution is -0.132. The molecule has 0 aromatic heterocycles. The highest BCUT2D eigenvalue weighted by Crippen LogP contribution is 2.36. The van der Waals surface area contributed by atoms with Gasteiger partial charge in [-0.2, -0.15) is 0 Å². The van der Waals surface area contributed by atoms with E-state index in [9.17, 15) is 0 Å². The van der Waals surface area contributed by atoms with Gasteiger partial charge in [-0.05, 0) is 44.6 Å². The Morgan fingerprint density at radius 2 is 0.889 bits per heavy atom. The van der Waals surface area contributed by atoms with E-state index in [0.29, 0.717) is 5.79 Å². The number of rotatable bonds is 4. The summed E-state index contributed by atoms with van der Waals surface area (Å²) in [5.41, 5.74) is 0. The Morgan fingerprint density at radius 3 is 1.11 bits per heavy atom. The van der Waals surface area contributed by atoms with Gasteiger partial charge in [0.15, 0.2) is 0 Å². The second-order valence-corrected chi connectivity index (χ2v) is 6.92. The summed E-state index contributed by atoms with van der Waals surface area (Å²) in [5.74, 6) is 0.343. The normalized spacial score (nSPS) is 28.7. The SMILES string of the molecule is [SiH3]CC(N1CCCC1)(N1CCCC1)N1CCCC1. The Labute approximate surface area is 115 Å². The van der Waals surface area contributed by atoms with Crippen LogP contribution in [0.3, 0.4) is 0 Å². The molecule has 104 valence electrons. The highest BCUT2D eigenvalue weighted by atomic mass is 28.1. The Balaban J connectivity index is 1.87. The number of hydrogen-bond donors (Lipinski definition) is 0. The molecule has 3 aliphatic rings. The summed E-state index contributed by atoms with van der Waals surface area (Å²) in [6.45, 7) is 8.06. The summed E-state index contributed by atoms with van der Waals surface area (Å²) in [7, 11) is 1.33. The van der Waals surface area contributed by atoms with E-state index in [0.717, 1.165) is 0 Å². The molecule has 3 aliphatic heterocycles. The van der Waals surface area contributed by atoms with Crippen LogP contribution in [0.5, 0.6) is 0 Å². The molecule has 0 atom stereocenters. The highest BCUT2D eigenvalue weighted by Gasteiger charge is 2.47. The minimum atomic E-state index is 0.343. The van der Waals surface area contributed by atoms with Crippen molar-refractivity contribution in [1.29, 1.82) is 0 Å². The van der Waals surface area contributed by atoms with Crippen LogP contribution >= 0.6 is 0 Å². The topological polar surface area (TPSA) is 9.72 Å². The fourth-order valence-corrected chi connectivity index (χ4v) is 5.84. The minimum Gasteiger partial charge on any atom is -0.273 e. The molecule has 3 heterocycles. The molecule has 3 rings (SSSR count). The Kier molecular flexibility index (Phi) is 4.08. The molecule has 0 saturated carbocycles. The molecule has 0 N–H and O–H groups in total. The Morgan fingerprint density at radius 1 is 0.611 bits per heavy atom. The van der Waals surface area contributed by atoms with Crippen LogP contribution in [0.1, 0.15) is 38.5 Å². The minimum absolute atomic E-state index is 0.343. The van der Waals surface area contributed by atoms with Crippen LogP contribution < -0.4 is 0 Å². The van der Waals surface area contributed by atoms with E-state index >= 15 is 0 Å².